The maximum absolute atomic E-state index is 12.4. The summed E-state index contributed by atoms with van der Waals surface area (Å²) in [5.74, 6) is 0.574. The van der Waals surface area contributed by atoms with Crippen molar-refractivity contribution in [3.63, 3.8) is 0 Å². The molecule has 0 fully saturated rings. The fraction of sp³-hybridized carbons (Fsp3) is 0.211. The van der Waals surface area contributed by atoms with Crippen LogP contribution in [-0.2, 0) is 16.4 Å². The first-order valence-electron chi connectivity index (χ1n) is 8.50. The van der Waals surface area contributed by atoms with Gasteiger partial charge in [0.05, 0.1) is 19.4 Å². The zero-order valence-corrected chi connectivity index (χ0v) is 19.8. The van der Waals surface area contributed by atoms with Gasteiger partial charge in [0.15, 0.2) is 0 Å². The van der Waals surface area contributed by atoms with Crippen LogP contribution < -0.4 is 0 Å². The summed E-state index contributed by atoms with van der Waals surface area (Å²) in [6.07, 6.45) is 0.499. The number of phenols is 1. The van der Waals surface area contributed by atoms with Crippen molar-refractivity contribution in [3.8, 4) is 5.75 Å². The highest BCUT2D eigenvalue weighted by atomic mass is 79.9. The van der Waals surface area contributed by atoms with Gasteiger partial charge in [0, 0.05) is 37.5 Å². The van der Waals surface area contributed by atoms with Crippen molar-refractivity contribution in [1.29, 1.82) is 0 Å². The van der Waals surface area contributed by atoms with E-state index in [4.69, 9.17) is 4.42 Å². The predicted octanol–water partition coefficient (Wildman–Crippen LogP) is 4.70. The molecule has 0 bridgehead atoms. The number of fused-ring (bicyclic) bond motifs is 1. The number of nitrogens with zero attached hydrogens (tertiary/aromatic N) is 2. The summed E-state index contributed by atoms with van der Waals surface area (Å²) >= 11 is 6.55. The molecule has 0 aliphatic heterocycles. The zero-order chi connectivity index (χ0) is 21.5. The monoisotopic (exact) mass is 544 g/mol. The van der Waals surface area contributed by atoms with E-state index < -0.39 is 10.0 Å². The highest BCUT2D eigenvalue weighted by molar-refractivity contribution is 9.11. The van der Waals surface area contributed by atoms with E-state index in [1.54, 1.807) is 18.2 Å². The van der Waals surface area contributed by atoms with Crippen molar-refractivity contribution >= 4 is 58.6 Å². The molecule has 2 N–H and O–H groups in total. The Bertz CT molecular complexity index is 1210. The molecule has 0 radical (unpaired) electrons. The van der Waals surface area contributed by atoms with Gasteiger partial charge in [-0.2, -0.15) is 0 Å². The average Bonchev–Trinajstić information content (AvgIpc) is 3.04. The van der Waals surface area contributed by atoms with Crippen LogP contribution in [0.2, 0.25) is 0 Å². The summed E-state index contributed by atoms with van der Waals surface area (Å²) in [7, 11) is -0.699. The molecular formula is C19H18Br2N2O5S. The first-order chi connectivity index (χ1) is 13.6. The summed E-state index contributed by atoms with van der Waals surface area (Å²) in [5, 5.41) is 23.8. The van der Waals surface area contributed by atoms with Crippen LogP contribution in [0, 0.1) is 0 Å². The Balaban J connectivity index is 2.26. The van der Waals surface area contributed by atoms with Crippen molar-refractivity contribution in [2.45, 2.75) is 18.2 Å². The molecule has 29 heavy (non-hydrogen) atoms. The van der Waals surface area contributed by atoms with Gasteiger partial charge in [-0.1, -0.05) is 12.1 Å². The molecule has 154 valence electrons. The second-order valence-electron chi connectivity index (χ2n) is 6.44. The molecule has 0 aliphatic rings. The Labute approximate surface area is 184 Å². The minimum absolute atomic E-state index is 0.0253. The van der Waals surface area contributed by atoms with Crippen LogP contribution in [0.15, 0.2) is 53.7 Å². The van der Waals surface area contributed by atoms with E-state index in [-0.39, 0.29) is 16.4 Å². The smallest absolute Gasteiger partial charge is 0.242 e. The SMILES string of the molecule is CCc1oc2cc(S(=O)(=O)N(C)C)ccc2c1C(=NO)c1cc(Br)c(O)c(Br)c1. The number of hydrogen-bond acceptors (Lipinski definition) is 6. The predicted molar refractivity (Wildman–Crippen MR) is 117 cm³/mol. The van der Waals surface area contributed by atoms with Gasteiger partial charge < -0.3 is 14.7 Å². The number of aryl methyl sites for hydroxylation is 1. The molecule has 7 nitrogen and oxygen atoms in total. The minimum atomic E-state index is -3.62. The quantitative estimate of drug-likeness (QED) is 0.275. The van der Waals surface area contributed by atoms with Gasteiger partial charge in [0.2, 0.25) is 10.0 Å². The van der Waals surface area contributed by atoms with Crippen molar-refractivity contribution in [1.82, 2.24) is 4.31 Å². The Kier molecular flexibility index (Phi) is 6.09. The molecule has 1 aromatic heterocycles. The van der Waals surface area contributed by atoms with Crippen LogP contribution in [0.25, 0.3) is 11.0 Å². The Morgan fingerprint density at radius 1 is 1.17 bits per heavy atom. The van der Waals surface area contributed by atoms with E-state index in [9.17, 15) is 18.7 Å². The third kappa shape index (κ3) is 3.81. The first kappa shape index (κ1) is 21.8. The van der Waals surface area contributed by atoms with Crippen LogP contribution in [0.5, 0.6) is 5.75 Å². The number of halogens is 2. The molecule has 2 aromatic carbocycles. The second-order valence-corrected chi connectivity index (χ2v) is 10.3. The molecule has 0 amide bonds. The van der Waals surface area contributed by atoms with E-state index in [1.807, 2.05) is 6.92 Å². The summed E-state index contributed by atoms with van der Waals surface area (Å²) in [6, 6.07) is 7.84. The lowest BCUT2D eigenvalue weighted by Crippen LogP contribution is -2.22. The Morgan fingerprint density at radius 2 is 1.79 bits per heavy atom. The number of benzene rings is 2. The van der Waals surface area contributed by atoms with Crippen molar-refractivity contribution < 1.29 is 23.1 Å². The molecule has 0 saturated heterocycles. The molecule has 3 aromatic rings. The maximum atomic E-state index is 12.4. The number of furan rings is 1. The van der Waals surface area contributed by atoms with Gasteiger partial charge in [0.25, 0.3) is 0 Å². The van der Waals surface area contributed by atoms with Crippen LogP contribution in [-0.4, -0.2) is 42.8 Å². The molecule has 0 unspecified atom stereocenters. The Morgan fingerprint density at radius 3 is 2.31 bits per heavy atom. The van der Waals surface area contributed by atoms with Crippen LogP contribution >= 0.6 is 31.9 Å². The second kappa shape index (κ2) is 8.10. The molecule has 3 rings (SSSR count). The van der Waals surface area contributed by atoms with Gasteiger partial charge >= 0.3 is 0 Å². The Hall–Kier alpha value is -1.88. The lowest BCUT2D eigenvalue weighted by atomic mass is 9.98. The van der Waals surface area contributed by atoms with Gasteiger partial charge in [-0.15, -0.1) is 0 Å². The van der Waals surface area contributed by atoms with E-state index >= 15 is 0 Å². The summed E-state index contributed by atoms with van der Waals surface area (Å²) in [5.41, 5.74) is 1.71. The number of oxime groups is 1. The first-order valence-corrected chi connectivity index (χ1v) is 11.5. The number of aromatic hydroxyl groups is 1. The third-order valence-corrected chi connectivity index (χ3v) is 7.48. The zero-order valence-electron chi connectivity index (χ0n) is 15.8. The topological polar surface area (TPSA) is 103 Å². The fourth-order valence-electron chi connectivity index (χ4n) is 2.96. The van der Waals surface area contributed by atoms with Crippen LogP contribution in [0.4, 0.5) is 0 Å². The van der Waals surface area contributed by atoms with Gasteiger partial charge in [-0.3, -0.25) is 0 Å². The molecule has 10 heteroatoms. The van der Waals surface area contributed by atoms with E-state index in [1.165, 1.54) is 26.2 Å². The van der Waals surface area contributed by atoms with E-state index in [0.717, 1.165) is 4.31 Å². The fourth-order valence-corrected chi connectivity index (χ4v) is 5.07. The largest absolute Gasteiger partial charge is 0.506 e. The average molecular weight is 546 g/mol. The number of hydrogen-bond donors (Lipinski definition) is 2. The van der Waals surface area contributed by atoms with E-state index in [0.29, 0.717) is 43.2 Å². The number of sulfonamides is 1. The number of rotatable bonds is 5. The molecule has 0 saturated carbocycles. The third-order valence-electron chi connectivity index (χ3n) is 4.46. The minimum Gasteiger partial charge on any atom is -0.506 e. The molecular weight excluding hydrogens is 528 g/mol. The van der Waals surface area contributed by atoms with Crippen LogP contribution in [0.1, 0.15) is 23.8 Å². The maximum Gasteiger partial charge on any atom is 0.242 e. The number of phenolic OH excluding ortho intramolecular Hbond substituents is 1. The van der Waals surface area contributed by atoms with Crippen LogP contribution in [0.3, 0.4) is 0 Å². The normalized spacial score (nSPS) is 12.8. The highest BCUT2D eigenvalue weighted by Crippen LogP contribution is 2.36. The molecule has 1 heterocycles. The molecule has 0 spiro atoms. The lowest BCUT2D eigenvalue weighted by Gasteiger charge is -2.11. The summed E-state index contributed by atoms with van der Waals surface area (Å²) in [6.45, 7) is 1.89. The summed E-state index contributed by atoms with van der Waals surface area (Å²) in [4.78, 5) is 0.107. The lowest BCUT2D eigenvalue weighted by molar-refractivity contribution is 0.319. The van der Waals surface area contributed by atoms with Gasteiger partial charge in [0.1, 0.15) is 22.8 Å². The van der Waals surface area contributed by atoms with Crippen molar-refractivity contribution in [2.24, 2.45) is 5.16 Å². The van der Waals surface area contributed by atoms with E-state index in [2.05, 4.69) is 37.0 Å². The standard InChI is InChI=1S/C19H18Br2N2O5S/c1-4-15-17(18(22-25)10-7-13(20)19(24)14(21)8-10)12-6-5-11(9-16(12)28-15)29(26,27)23(2)3/h5-9,24-25H,4H2,1-3H3. The van der Waals surface area contributed by atoms with Gasteiger partial charge in [-0.25, -0.2) is 12.7 Å². The molecule has 0 atom stereocenters. The highest BCUT2D eigenvalue weighted by Gasteiger charge is 2.24. The molecule has 0 aliphatic carbocycles. The van der Waals surface area contributed by atoms with Crippen molar-refractivity contribution in [2.75, 3.05) is 14.1 Å². The summed E-state index contributed by atoms with van der Waals surface area (Å²) < 4.78 is 32.8. The van der Waals surface area contributed by atoms with Crippen molar-refractivity contribution in [3.05, 3.63) is 56.2 Å². The van der Waals surface area contributed by atoms with Gasteiger partial charge in [-0.05, 0) is 56.1 Å².